The molecular weight excluding hydrogens is 200 g/mol. The van der Waals surface area contributed by atoms with Crippen molar-refractivity contribution in [2.75, 3.05) is 13.2 Å². The van der Waals surface area contributed by atoms with Crippen LogP contribution >= 0.6 is 0 Å². The van der Waals surface area contributed by atoms with Crippen molar-refractivity contribution in [2.24, 2.45) is 5.73 Å². The molecule has 0 unspecified atom stereocenters. The minimum Gasteiger partial charge on any atom is -0.396 e. The molecule has 2 aromatic rings. The predicted molar refractivity (Wildman–Crippen MR) is 68.4 cm³/mol. The smallest absolute Gasteiger partial charge is 0.0456 e. The highest BCUT2D eigenvalue weighted by Crippen LogP contribution is 2.18. The maximum Gasteiger partial charge on any atom is 0.0456 e. The maximum atomic E-state index is 8.73. The molecule has 1 aromatic carbocycles. The quantitative estimate of drug-likeness (QED) is 0.741. The van der Waals surface area contributed by atoms with Gasteiger partial charge in [-0.1, -0.05) is 25.1 Å². The van der Waals surface area contributed by atoms with Crippen LogP contribution in [-0.2, 0) is 6.42 Å². The number of hydrogen-bond acceptors (Lipinski definition) is 2. The van der Waals surface area contributed by atoms with Gasteiger partial charge < -0.3 is 15.8 Å². The fraction of sp³-hybridized carbons (Fsp3) is 0.385. The van der Waals surface area contributed by atoms with Crippen LogP contribution in [0.3, 0.4) is 0 Å². The third kappa shape index (κ3) is 3.36. The Morgan fingerprint density at radius 2 is 2.00 bits per heavy atom. The molecule has 0 saturated heterocycles. The molecule has 0 aliphatic heterocycles. The zero-order valence-corrected chi connectivity index (χ0v) is 9.74. The van der Waals surface area contributed by atoms with Crippen molar-refractivity contribution in [3.05, 3.63) is 36.0 Å². The lowest BCUT2D eigenvalue weighted by Crippen LogP contribution is -1.87. The Hall–Kier alpha value is -1.32. The number of para-hydroxylation sites is 1. The number of nitrogens with one attached hydrogen (secondary N) is 1. The van der Waals surface area contributed by atoms with E-state index in [4.69, 9.17) is 10.8 Å². The molecule has 0 radical (unpaired) electrons. The van der Waals surface area contributed by atoms with E-state index in [0.29, 0.717) is 0 Å². The molecule has 2 rings (SSSR count). The molecule has 0 fully saturated rings. The second kappa shape index (κ2) is 7.04. The number of hydrogen-bond donors (Lipinski definition) is 3. The summed E-state index contributed by atoms with van der Waals surface area (Å²) in [6.45, 7) is 2.92. The highest BCUT2D eigenvalue weighted by Gasteiger charge is 2.00. The van der Waals surface area contributed by atoms with Gasteiger partial charge in [0.25, 0.3) is 0 Å². The second-order valence-corrected chi connectivity index (χ2v) is 3.59. The Balaban J connectivity index is 0.000000386. The Labute approximate surface area is 96.3 Å². The first-order valence-corrected chi connectivity index (χ1v) is 5.69. The van der Waals surface area contributed by atoms with Gasteiger partial charge in [-0.3, -0.25) is 0 Å². The second-order valence-electron chi connectivity index (χ2n) is 3.59. The molecule has 4 N–H and O–H groups in total. The van der Waals surface area contributed by atoms with Gasteiger partial charge in [0.1, 0.15) is 0 Å². The first kappa shape index (κ1) is 12.7. The number of aliphatic hydroxyl groups excluding tert-OH is 1. The number of aryl methyl sites for hydroxylation is 1. The molecule has 3 heteroatoms. The van der Waals surface area contributed by atoms with E-state index in [2.05, 4.69) is 17.1 Å². The largest absolute Gasteiger partial charge is 0.396 e. The number of aromatic amines is 1. The summed E-state index contributed by atoms with van der Waals surface area (Å²) in [4.78, 5) is 3.22. The van der Waals surface area contributed by atoms with Gasteiger partial charge in [-0.25, -0.2) is 0 Å². The van der Waals surface area contributed by atoms with Crippen LogP contribution in [0, 0.1) is 0 Å². The number of aliphatic hydroxyl groups is 1. The number of nitrogens with two attached hydrogens (primary N) is 1. The molecule has 0 saturated carbocycles. The van der Waals surface area contributed by atoms with E-state index in [-0.39, 0.29) is 6.61 Å². The summed E-state index contributed by atoms with van der Waals surface area (Å²) in [5.41, 5.74) is 7.32. The molecule has 0 spiro atoms. The average Bonchev–Trinajstić information content (AvgIpc) is 2.71. The number of benzene rings is 1. The molecule has 0 aliphatic rings. The van der Waals surface area contributed by atoms with E-state index in [1.165, 1.54) is 16.5 Å². The minimum absolute atomic E-state index is 0.263. The standard InChI is InChI=1S/C11H13NO.C2H7N/c13-7-3-4-9-8-12-11-6-2-1-5-10(9)11;1-2-3/h1-2,5-6,8,12-13H,3-4,7H2;2-3H2,1H3. The summed E-state index contributed by atoms with van der Waals surface area (Å²) in [5, 5.41) is 10.0. The Morgan fingerprint density at radius 1 is 1.31 bits per heavy atom. The lowest BCUT2D eigenvalue weighted by molar-refractivity contribution is 0.289. The lowest BCUT2D eigenvalue weighted by Gasteiger charge is -1.95. The summed E-state index contributed by atoms with van der Waals surface area (Å²) in [6.07, 6.45) is 3.81. The van der Waals surface area contributed by atoms with E-state index >= 15 is 0 Å². The van der Waals surface area contributed by atoms with Gasteiger partial charge in [0, 0.05) is 23.7 Å². The monoisotopic (exact) mass is 220 g/mol. The fourth-order valence-electron chi connectivity index (χ4n) is 1.61. The topological polar surface area (TPSA) is 62.0 Å². The summed E-state index contributed by atoms with van der Waals surface area (Å²) in [7, 11) is 0. The Bertz CT molecular complexity index is 409. The van der Waals surface area contributed by atoms with E-state index in [0.717, 1.165) is 19.4 Å². The molecule has 0 bridgehead atoms. The molecular formula is C13H20N2O. The lowest BCUT2D eigenvalue weighted by atomic mass is 10.1. The van der Waals surface area contributed by atoms with Crippen LogP contribution in [0.25, 0.3) is 10.9 Å². The predicted octanol–water partition coefficient (Wildman–Crippen LogP) is 2.06. The molecule has 1 aromatic heterocycles. The van der Waals surface area contributed by atoms with Crippen molar-refractivity contribution in [3.63, 3.8) is 0 Å². The van der Waals surface area contributed by atoms with Crippen LogP contribution in [0.5, 0.6) is 0 Å². The van der Waals surface area contributed by atoms with Crippen LogP contribution in [0.2, 0.25) is 0 Å². The van der Waals surface area contributed by atoms with Crippen LogP contribution in [0.15, 0.2) is 30.5 Å². The number of aromatic nitrogens is 1. The van der Waals surface area contributed by atoms with Gasteiger partial charge >= 0.3 is 0 Å². The first-order valence-electron chi connectivity index (χ1n) is 5.69. The van der Waals surface area contributed by atoms with Crippen LogP contribution in [0.4, 0.5) is 0 Å². The third-order valence-corrected chi connectivity index (χ3v) is 2.28. The number of fused-ring (bicyclic) bond motifs is 1. The average molecular weight is 220 g/mol. The van der Waals surface area contributed by atoms with E-state index < -0.39 is 0 Å². The zero-order chi connectivity index (χ0) is 11.8. The Kier molecular flexibility index (Phi) is 5.61. The highest BCUT2D eigenvalue weighted by atomic mass is 16.2. The van der Waals surface area contributed by atoms with Crippen molar-refractivity contribution in [2.45, 2.75) is 19.8 Å². The molecule has 0 aliphatic carbocycles. The van der Waals surface area contributed by atoms with Crippen LogP contribution < -0.4 is 5.73 Å². The molecule has 0 amide bonds. The van der Waals surface area contributed by atoms with Gasteiger partial charge in [-0.2, -0.15) is 0 Å². The highest BCUT2D eigenvalue weighted by molar-refractivity contribution is 5.82. The molecule has 3 nitrogen and oxygen atoms in total. The van der Waals surface area contributed by atoms with Crippen molar-refractivity contribution in [1.29, 1.82) is 0 Å². The fourth-order valence-corrected chi connectivity index (χ4v) is 1.61. The van der Waals surface area contributed by atoms with Gasteiger partial charge in [0.05, 0.1) is 0 Å². The summed E-state index contributed by atoms with van der Waals surface area (Å²) < 4.78 is 0. The summed E-state index contributed by atoms with van der Waals surface area (Å²) in [6, 6.07) is 8.24. The van der Waals surface area contributed by atoms with Crippen molar-refractivity contribution in [3.8, 4) is 0 Å². The van der Waals surface area contributed by atoms with Crippen LogP contribution in [0.1, 0.15) is 18.9 Å². The normalized spacial score (nSPS) is 9.94. The molecule has 1 heterocycles. The van der Waals surface area contributed by atoms with Gasteiger partial charge in [0.15, 0.2) is 0 Å². The van der Waals surface area contributed by atoms with E-state index in [1.807, 2.05) is 25.3 Å². The van der Waals surface area contributed by atoms with Gasteiger partial charge in [0.2, 0.25) is 0 Å². The number of rotatable bonds is 3. The molecule has 88 valence electrons. The number of H-pyrrole nitrogens is 1. The SMILES string of the molecule is CCN.OCCCc1c[nH]c2ccccc12. The minimum atomic E-state index is 0.263. The van der Waals surface area contributed by atoms with E-state index in [1.54, 1.807) is 0 Å². The van der Waals surface area contributed by atoms with Gasteiger partial charge in [-0.15, -0.1) is 0 Å². The zero-order valence-electron chi connectivity index (χ0n) is 9.74. The molecule has 0 atom stereocenters. The van der Waals surface area contributed by atoms with Crippen LogP contribution in [-0.4, -0.2) is 23.2 Å². The summed E-state index contributed by atoms with van der Waals surface area (Å²) in [5.74, 6) is 0. The summed E-state index contributed by atoms with van der Waals surface area (Å²) >= 11 is 0. The molecule has 16 heavy (non-hydrogen) atoms. The van der Waals surface area contributed by atoms with Crippen molar-refractivity contribution in [1.82, 2.24) is 4.98 Å². The van der Waals surface area contributed by atoms with Crippen molar-refractivity contribution >= 4 is 10.9 Å². The maximum absolute atomic E-state index is 8.73. The Morgan fingerprint density at radius 3 is 2.69 bits per heavy atom. The first-order chi connectivity index (χ1) is 7.83. The van der Waals surface area contributed by atoms with E-state index in [9.17, 15) is 0 Å². The van der Waals surface area contributed by atoms with Crippen molar-refractivity contribution < 1.29 is 5.11 Å². The van der Waals surface area contributed by atoms with Gasteiger partial charge in [-0.05, 0) is 31.0 Å². The third-order valence-electron chi connectivity index (χ3n) is 2.28.